The highest BCUT2D eigenvalue weighted by atomic mass is 15.3. The number of piperazine rings is 1. The minimum Gasteiger partial charge on any atom is -0.369 e. The number of rotatable bonds is 6. The molecule has 1 fully saturated rings. The van der Waals surface area contributed by atoms with Crippen molar-refractivity contribution < 1.29 is 0 Å². The third-order valence-corrected chi connectivity index (χ3v) is 5.08. The second kappa shape index (κ2) is 8.02. The summed E-state index contributed by atoms with van der Waals surface area (Å²) in [5.74, 6) is 0. The summed E-state index contributed by atoms with van der Waals surface area (Å²) < 4.78 is 2.02. The number of para-hydroxylation sites is 1. The molecular formula is C20H31N5. The monoisotopic (exact) mass is 341 g/mol. The molecule has 0 spiro atoms. The maximum atomic E-state index is 4.45. The molecule has 1 atom stereocenters. The zero-order valence-electron chi connectivity index (χ0n) is 15.9. The number of benzene rings is 1. The van der Waals surface area contributed by atoms with Crippen molar-refractivity contribution in [1.82, 2.24) is 20.0 Å². The fourth-order valence-electron chi connectivity index (χ4n) is 3.26. The molecule has 2 aromatic rings. The van der Waals surface area contributed by atoms with E-state index in [1.54, 1.807) is 0 Å². The second-order valence-corrected chi connectivity index (χ2v) is 7.37. The summed E-state index contributed by atoms with van der Waals surface area (Å²) in [5, 5.41) is 8.12. The van der Waals surface area contributed by atoms with E-state index in [0.29, 0.717) is 6.04 Å². The van der Waals surface area contributed by atoms with Gasteiger partial charge in [-0.15, -0.1) is 0 Å². The number of likely N-dealkylation sites (N-methyl/N-ethyl adjacent to an activating group) is 1. The zero-order valence-corrected chi connectivity index (χ0v) is 15.9. The molecule has 3 rings (SSSR count). The Morgan fingerprint density at radius 3 is 2.48 bits per heavy atom. The predicted octanol–water partition coefficient (Wildman–Crippen LogP) is 3.07. The van der Waals surface area contributed by atoms with Crippen LogP contribution in [0.5, 0.6) is 0 Å². The standard InChI is InChI=1S/C20H31N5/c1-16(2)25-15-19(14-22-25)17(3)21-13-18-7-5-6-8-20(18)24-11-9-23(4)10-12-24/h5-8,14-17,21H,9-13H2,1-4H3/t17-/m1/s1. The van der Waals surface area contributed by atoms with E-state index in [1.807, 2.05) is 10.9 Å². The molecule has 136 valence electrons. The van der Waals surface area contributed by atoms with Crippen LogP contribution in [-0.4, -0.2) is 47.9 Å². The molecule has 0 aliphatic carbocycles. The molecule has 1 aromatic carbocycles. The third-order valence-electron chi connectivity index (χ3n) is 5.08. The molecule has 1 saturated heterocycles. The number of nitrogens with one attached hydrogen (secondary N) is 1. The van der Waals surface area contributed by atoms with Gasteiger partial charge in [0.2, 0.25) is 0 Å². The van der Waals surface area contributed by atoms with Crippen molar-refractivity contribution >= 4 is 5.69 Å². The molecule has 0 saturated carbocycles. The van der Waals surface area contributed by atoms with Gasteiger partial charge < -0.3 is 15.1 Å². The van der Waals surface area contributed by atoms with E-state index in [9.17, 15) is 0 Å². The van der Waals surface area contributed by atoms with Crippen LogP contribution in [-0.2, 0) is 6.54 Å². The lowest BCUT2D eigenvalue weighted by Crippen LogP contribution is -2.44. The predicted molar refractivity (Wildman–Crippen MR) is 104 cm³/mol. The lowest BCUT2D eigenvalue weighted by atomic mass is 10.1. The van der Waals surface area contributed by atoms with Crippen molar-refractivity contribution in [2.75, 3.05) is 38.1 Å². The van der Waals surface area contributed by atoms with Gasteiger partial charge in [0.25, 0.3) is 0 Å². The smallest absolute Gasteiger partial charge is 0.0537 e. The highest BCUT2D eigenvalue weighted by molar-refractivity contribution is 5.54. The average molecular weight is 342 g/mol. The Morgan fingerprint density at radius 1 is 1.08 bits per heavy atom. The summed E-state index contributed by atoms with van der Waals surface area (Å²) >= 11 is 0. The molecule has 25 heavy (non-hydrogen) atoms. The first-order chi connectivity index (χ1) is 12.0. The highest BCUT2D eigenvalue weighted by Crippen LogP contribution is 2.23. The van der Waals surface area contributed by atoms with Crippen LogP contribution in [0.4, 0.5) is 5.69 Å². The van der Waals surface area contributed by atoms with Crippen LogP contribution < -0.4 is 10.2 Å². The largest absolute Gasteiger partial charge is 0.369 e. The van der Waals surface area contributed by atoms with Gasteiger partial charge in [-0.25, -0.2) is 0 Å². The molecule has 0 radical (unpaired) electrons. The number of anilines is 1. The fraction of sp³-hybridized carbons (Fsp3) is 0.550. The molecule has 1 aliphatic heterocycles. The molecule has 2 heterocycles. The normalized spacial score (nSPS) is 17.2. The summed E-state index contributed by atoms with van der Waals surface area (Å²) in [7, 11) is 2.20. The van der Waals surface area contributed by atoms with Crippen LogP contribution in [0.15, 0.2) is 36.7 Å². The van der Waals surface area contributed by atoms with Gasteiger partial charge in [0, 0.05) is 62.3 Å². The van der Waals surface area contributed by atoms with Gasteiger partial charge in [-0.2, -0.15) is 5.10 Å². The van der Waals surface area contributed by atoms with E-state index < -0.39 is 0 Å². The molecule has 0 unspecified atom stereocenters. The van der Waals surface area contributed by atoms with Crippen molar-refractivity contribution in [3.8, 4) is 0 Å². The van der Waals surface area contributed by atoms with Gasteiger partial charge in [-0.3, -0.25) is 4.68 Å². The quantitative estimate of drug-likeness (QED) is 0.876. The van der Waals surface area contributed by atoms with Crippen LogP contribution in [0.2, 0.25) is 0 Å². The van der Waals surface area contributed by atoms with Gasteiger partial charge in [-0.05, 0) is 39.4 Å². The van der Waals surface area contributed by atoms with Crippen molar-refractivity contribution in [2.24, 2.45) is 0 Å². The van der Waals surface area contributed by atoms with E-state index in [0.717, 1.165) is 32.7 Å². The van der Waals surface area contributed by atoms with Gasteiger partial charge >= 0.3 is 0 Å². The summed E-state index contributed by atoms with van der Waals surface area (Å²) in [6, 6.07) is 9.46. The molecule has 1 aromatic heterocycles. The van der Waals surface area contributed by atoms with Crippen LogP contribution in [0.25, 0.3) is 0 Å². The lowest BCUT2D eigenvalue weighted by Gasteiger charge is -2.35. The molecule has 1 aliphatic rings. The summed E-state index contributed by atoms with van der Waals surface area (Å²) in [5.41, 5.74) is 3.98. The first-order valence-corrected chi connectivity index (χ1v) is 9.33. The topological polar surface area (TPSA) is 36.3 Å². The van der Waals surface area contributed by atoms with Crippen LogP contribution in [0.3, 0.4) is 0 Å². The van der Waals surface area contributed by atoms with Crippen molar-refractivity contribution in [3.63, 3.8) is 0 Å². The Kier molecular flexibility index (Phi) is 5.76. The Bertz CT molecular complexity index is 670. The maximum absolute atomic E-state index is 4.45. The summed E-state index contributed by atoms with van der Waals surface area (Å²) in [6.07, 6.45) is 4.12. The van der Waals surface area contributed by atoms with E-state index in [2.05, 4.69) is 78.5 Å². The number of hydrogen-bond donors (Lipinski definition) is 1. The van der Waals surface area contributed by atoms with E-state index in [1.165, 1.54) is 16.8 Å². The van der Waals surface area contributed by atoms with Crippen LogP contribution in [0.1, 0.15) is 44.0 Å². The van der Waals surface area contributed by atoms with Crippen molar-refractivity contribution in [2.45, 2.75) is 39.4 Å². The van der Waals surface area contributed by atoms with E-state index >= 15 is 0 Å². The number of aromatic nitrogens is 2. The molecule has 0 amide bonds. The first kappa shape index (κ1) is 18.0. The Labute approximate surface area is 151 Å². The summed E-state index contributed by atoms with van der Waals surface area (Å²) in [6.45, 7) is 11.9. The van der Waals surface area contributed by atoms with Crippen molar-refractivity contribution in [3.05, 3.63) is 47.8 Å². The van der Waals surface area contributed by atoms with Gasteiger partial charge in [0.1, 0.15) is 0 Å². The molecule has 0 bridgehead atoms. The third kappa shape index (κ3) is 4.41. The lowest BCUT2D eigenvalue weighted by molar-refractivity contribution is 0.312. The minimum absolute atomic E-state index is 0.285. The van der Waals surface area contributed by atoms with Gasteiger partial charge in [0.15, 0.2) is 0 Å². The van der Waals surface area contributed by atoms with Gasteiger partial charge in [-0.1, -0.05) is 18.2 Å². The van der Waals surface area contributed by atoms with E-state index in [-0.39, 0.29) is 6.04 Å². The van der Waals surface area contributed by atoms with Gasteiger partial charge in [0.05, 0.1) is 6.20 Å². The molecule has 1 N–H and O–H groups in total. The highest BCUT2D eigenvalue weighted by Gasteiger charge is 2.17. The zero-order chi connectivity index (χ0) is 17.8. The van der Waals surface area contributed by atoms with E-state index in [4.69, 9.17) is 0 Å². The summed E-state index contributed by atoms with van der Waals surface area (Å²) in [4.78, 5) is 4.91. The van der Waals surface area contributed by atoms with Crippen LogP contribution in [0, 0.1) is 0 Å². The maximum Gasteiger partial charge on any atom is 0.0537 e. The molecule has 5 heteroatoms. The molecule has 5 nitrogen and oxygen atoms in total. The Hall–Kier alpha value is -1.85. The fourth-order valence-corrected chi connectivity index (χ4v) is 3.26. The number of nitrogens with zero attached hydrogens (tertiary/aromatic N) is 4. The average Bonchev–Trinajstić information content (AvgIpc) is 3.11. The Balaban J connectivity index is 1.64. The second-order valence-electron chi connectivity index (χ2n) is 7.37. The Morgan fingerprint density at radius 2 is 1.80 bits per heavy atom. The molecular weight excluding hydrogens is 310 g/mol. The van der Waals surface area contributed by atoms with Crippen LogP contribution >= 0.6 is 0 Å². The minimum atomic E-state index is 0.285. The SMILES string of the molecule is CC(C)n1cc([C@@H](C)NCc2ccccc2N2CCN(C)CC2)cn1. The number of hydrogen-bond acceptors (Lipinski definition) is 4. The first-order valence-electron chi connectivity index (χ1n) is 9.33. The van der Waals surface area contributed by atoms with Crippen molar-refractivity contribution in [1.29, 1.82) is 0 Å².